The Hall–Kier alpha value is -0.930. The SMILES string of the molecule is COc1cc(CN2CCCCC2)ccc1O.Cl. The van der Waals surface area contributed by atoms with Crippen LogP contribution in [-0.4, -0.2) is 30.2 Å². The van der Waals surface area contributed by atoms with E-state index in [1.54, 1.807) is 13.2 Å². The number of nitrogens with zero attached hydrogens (tertiary/aromatic N) is 1. The van der Waals surface area contributed by atoms with Gasteiger partial charge in [0.05, 0.1) is 7.11 Å². The third-order valence-corrected chi connectivity index (χ3v) is 3.10. The number of aromatic hydroxyl groups is 1. The second-order valence-electron chi connectivity index (χ2n) is 4.34. The van der Waals surface area contributed by atoms with Crippen LogP contribution in [0.2, 0.25) is 0 Å². The van der Waals surface area contributed by atoms with Crippen LogP contribution in [0.15, 0.2) is 18.2 Å². The van der Waals surface area contributed by atoms with E-state index in [1.165, 1.54) is 37.9 Å². The lowest BCUT2D eigenvalue weighted by molar-refractivity contribution is 0.220. The molecule has 1 saturated heterocycles. The molecule has 0 bridgehead atoms. The largest absolute Gasteiger partial charge is 0.504 e. The first kappa shape index (κ1) is 14.1. The van der Waals surface area contributed by atoms with Gasteiger partial charge < -0.3 is 9.84 Å². The van der Waals surface area contributed by atoms with Crippen molar-refractivity contribution in [1.82, 2.24) is 4.90 Å². The maximum atomic E-state index is 9.50. The molecule has 1 aliphatic rings. The summed E-state index contributed by atoms with van der Waals surface area (Å²) in [6.07, 6.45) is 3.96. The monoisotopic (exact) mass is 257 g/mol. The minimum absolute atomic E-state index is 0. The smallest absolute Gasteiger partial charge is 0.160 e. The number of benzene rings is 1. The Morgan fingerprint density at radius 3 is 2.59 bits per heavy atom. The van der Waals surface area contributed by atoms with E-state index in [1.807, 2.05) is 12.1 Å². The van der Waals surface area contributed by atoms with E-state index in [4.69, 9.17) is 4.74 Å². The van der Waals surface area contributed by atoms with Gasteiger partial charge in [-0.1, -0.05) is 12.5 Å². The van der Waals surface area contributed by atoms with Crippen molar-refractivity contribution in [3.8, 4) is 11.5 Å². The van der Waals surface area contributed by atoms with Crippen molar-refractivity contribution < 1.29 is 9.84 Å². The molecular formula is C13H20ClNO2. The fourth-order valence-corrected chi connectivity index (χ4v) is 2.20. The molecule has 1 N–H and O–H groups in total. The molecule has 0 saturated carbocycles. The van der Waals surface area contributed by atoms with Gasteiger partial charge in [0.1, 0.15) is 0 Å². The van der Waals surface area contributed by atoms with Crippen LogP contribution in [0.4, 0.5) is 0 Å². The number of phenolic OH excluding ortho intramolecular Hbond substituents is 1. The van der Waals surface area contributed by atoms with Gasteiger partial charge in [0.25, 0.3) is 0 Å². The number of likely N-dealkylation sites (tertiary alicyclic amines) is 1. The summed E-state index contributed by atoms with van der Waals surface area (Å²) in [6, 6.07) is 5.59. The summed E-state index contributed by atoms with van der Waals surface area (Å²) in [5.74, 6) is 0.777. The van der Waals surface area contributed by atoms with Crippen LogP contribution in [0.25, 0.3) is 0 Å². The maximum absolute atomic E-state index is 9.50. The Balaban J connectivity index is 0.00000144. The first-order valence-electron chi connectivity index (χ1n) is 5.88. The summed E-state index contributed by atoms with van der Waals surface area (Å²) < 4.78 is 5.11. The van der Waals surface area contributed by atoms with E-state index in [0.29, 0.717) is 5.75 Å². The minimum atomic E-state index is 0. The van der Waals surface area contributed by atoms with Gasteiger partial charge in [0.15, 0.2) is 11.5 Å². The number of ether oxygens (including phenoxy) is 1. The number of phenols is 1. The maximum Gasteiger partial charge on any atom is 0.160 e. The topological polar surface area (TPSA) is 32.7 Å². The zero-order valence-corrected chi connectivity index (χ0v) is 11.0. The zero-order valence-electron chi connectivity index (χ0n) is 10.2. The highest BCUT2D eigenvalue weighted by atomic mass is 35.5. The fourth-order valence-electron chi connectivity index (χ4n) is 2.20. The predicted molar refractivity (Wildman–Crippen MR) is 71.0 cm³/mol. The normalized spacial score (nSPS) is 16.3. The summed E-state index contributed by atoms with van der Waals surface area (Å²) in [5.41, 5.74) is 1.21. The quantitative estimate of drug-likeness (QED) is 0.904. The summed E-state index contributed by atoms with van der Waals surface area (Å²) >= 11 is 0. The molecule has 4 heteroatoms. The molecule has 1 aromatic rings. The molecule has 0 radical (unpaired) electrons. The van der Waals surface area contributed by atoms with Crippen LogP contribution in [-0.2, 0) is 6.54 Å². The van der Waals surface area contributed by atoms with Crippen LogP contribution >= 0.6 is 12.4 Å². The Labute approximate surface area is 109 Å². The molecule has 3 nitrogen and oxygen atoms in total. The van der Waals surface area contributed by atoms with Crippen LogP contribution < -0.4 is 4.74 Å². The fraction of sp³-hybridized carbons (Fsp3) is 0.538. The van der Waals surface area contributed by atoms with E-state index in [2.05, 4.69) is 4.90 Å². The molecule has 0 aliphatic carbocycles. The number of hydrogen-bond donors (Lipinski definition) is 1. The standard InChI is InChI=1S/C13H19NO2.ClH/c1-16-13-9-11(5-6-12(13)15)10-14-7-3-2-4-8-14;/h5-6,9,15H,2-4,7-8,10H2,1H3;1H. The lowest BCUT2D eigenvalue weighted by Crippen LogP contribution is -2.29. The lowest BCUT2D eigenvalue weighted by Gasteiger charge is -2.26. The molecule has 0 amide bonds. The van der Waals surface area contributed by atoms with Gasteiger partial charge in [-0.15, -0.1) is 12.4 Å². The highest BCUT2D eigenvalue weighted by Gasteiger charge is 2.11. The molecule has 2 rings (SSSR count). The molecule has 1 fully saturated rings. The molecule has 1 heterocycles. The van der Waals surface area contributed by atoms with Gasteiger partial charge in [-0.2, -0.15) is 0 Å². The van der Waals surface area contributed by atoms with E-state index in [0.717, 1.165) is 6.54 Å². The van der Waals surface area contributed by atoms with Gasteiger partial charge in [-0.25, -0.2) is 0 Å². The number of hydrogen-bond acceptors (Lipinski definition) is 3. The van der Waals surface area contributed by atoms with Crippen LogP contribution in [0.1, 0.15) is 24.8 Å². The average molecular weight is 258 g/mol. The zero-order chi connectivity index (χ0) is 11.4. The molecule has 0 spiro atoms. The average Bonchev–Trinajstić information content (AvgIpc) is 2.33. The third-order valence-electron chi connectivity index (χ3n) is 3.10. The Bertz CT molecular complexity index is 351. The molecule has 0 unspecified atom stereocenters. The molecule has 0 atom stereocenters. The van der Waals surface area contributed by atoms with Crippen molar-refractivity contribution >= 4 is 12.4 Å². The summed E-state index contributed by atoms with van der Waals surface area (Å²) in [5, 5.41) is 9.50. The second kappa shape index (κ2) is 6.72. The molecule has 0 aromatic heterocycles. The Kier molecular flexibility index (Phi) is 5.59. The van der Waals surface area contributed by atoms with Crippen molar-refractivity contribution in [3.63, 3.8) is 0 Å². The van der Waals surface area contributed by atoms with Crippen LogP contribution in [0.5, 0.6) is 11.5 Å². The van der Waals surface area contributed by atoms with Gasteiger partial charge in [-0.3, -0.25) is 4.90 Å². The van der Waals surface area contributed by atoms with E-state index in [-0.39, 0.29) is 18.2 Å². The number of methoxy groups -OCH3 is 1. The highest BCUT2D eigenvalue weighted by molar-refractivity contribution is 5.85. The first-order valence-corrected chi connectivity index (χ1v) is 5.88. The molecule has 1 aromatic carbocycles. The number of piperidine rings is 1. The first-order chi connectivity index (χ1) is 7.79. The van der Waals surface area contributed by atoms with Gasteiger partial charge in [-0.05, 0) is 43.6 Å². The van der Waals surface area contributed by atoms with Gasteiger partial charge in [0.2, 0.25) is 0 Å². The minimum Gasteiger partial charge on any atom is -0.504 e. The lowest BCUT2D eigenvalue weighted by atomic mass is 10.1. The molecule has 1 aliphatic heterocycles. The predicted octanol–water partition coefficient (Wildman–Crippen LogP) is 2.81. The molecule has 96 valence electrons. The van der Waals surface area contributed by atoms with Crippen molar-refractivity contribution in [2.45, 2.75) is 25.8 Å². The van der Waals surface area contributed by atoms with E-state index in [9.17, 15) is 5.11 Å². The Morgan fingerprint density at radius 2 is 1.94 bits per heavy atom. The van der Waals surface area contributed by atoms with Crippen LogP contribution in [0.3, 0.4) is 0 Å². The number of rotatable bonds is 3. The highest BCUT2D eigenvalue weighted by Crippen LogP contribution is 2.27. The van der Waals surface area contributed by atoms with Crippen LogP contribution in [0, 0.1) is 0 Å². The van der Waals surface area contributed by atoms with Crippen molar-refractivity contribution in [2.24, 2.45) is 0 Å². The summed E-state index contributed by atoms with van der Waals surface area (Å²) in [4.78, 5) is 2.45. The summed E-state index contributed by atoms with van der Waals surface area (Å²) in [7, 11) is 1.58. The van der Waals surface area contributed by atoms with E-state index >= 15 is 0 Å². The number of halogens is 1. The second-order valence-corrected chi connectivity index (χ2v) is 4.34. The van der Waals surface area contributed by atoms with Crippen molar-refractivity contribution in [2.75, 3.05) is 20.2 Å². The molecular weight excluding hydrogens is 238 g/mol. The Morgan fingerprint density at radius 1 is 1.24 bits per heavy atom. The van der Waals surface area contributed by atoms with Crippen molar-refractivity contribution in [3.05, 3.63) is 23.8 Å². The molecule has 17 heavy (non-hydrogen) atoms. The third kappa shape index (κ3) is 3.79. The van der Waals surface area contributed by atoms with E-state index < -0.39 is 0 Å². The van der Waals surface area contributed by atoms with Crippen molar-refractivity contribution in [1.29, 1.82) is 0 Å². The van der Waals surface area contributed by atoms with Gasteiger partial charge in [0, 0.05) is 6.54 Å². The summed E-state index contributed by atoms with van der Waals surface area (Å²) in [6.45, 7) is 3.32. The van der Waals surface area contributed by atoms with Gasteiger partial charge >= 0.3 is 0 Å².